The fourth-order valence-corrected chi connectivity index (χ4v) is 3.94. The van der Waals surface area contributed by atoms with Crippen molar-refractivity contribution in [3.8, 4) is 5.75 Å². The van der Waals surface area contributed by atoms with E-state index in [-0.39, 0.29) is 5.82 Å². The van der Waals surface area contributed by atoms with E-state index in [0.717, 1.165) is 47.3 Å². The second-order valence-electron chi connectivity index (χ2n) is 8.62. The molecule has 1 aromatic heterocycles. The minimum Gasteiger partial charge on any atom is -0.481 e. The van der Waals surface area contributed by atoms with Gasteiger partial charge in [0.2, 0.25) is 0 Å². The zero-order valence-corrected chi connectivity index (χ0v) is 19.7. The van der Waals surface area contributed by atoms with Crippen LogP contribution in [0, 0.1) is 11.6 Å². The van der Waals surface area contributed by atoms with Crippen LogP contribution >= 0.6 is 0 Å². The number of ether oxygens (including phenoxy) is 1. The molecule has 188 valence electrons. The van der Waals surface area contributed by atoms with E-state index in [1.165, 1.54) is 6.07 Å². The molecule has 3 aromatic carbocycles. The lowest BCUT2D eigenvalue weighted by molar-refractivity contribution is -0.153. The van der Waals surface area contributed by atoms with E-state index in [2.05, 4.69) is 21.6 Å². The lowest BCUT2D eigenvalue weighted by atomic mass is 9.98. The van der Waals surface area contributed by atoms with Crippen LogP contribution in [0.2, 0.25) is 0 Å². The second kappa shape index (κ2) is 11.0. The first kappa shape index (κ1) is 25.5. The monoisotopic (exact) mass is 500 g/mol. The van der Waals surface area contributed by atoms with Crippen LogP contribution in [-0.2, 0) is 32.1 Å². The Morgan fingerprint density at radius 1 is 0.778 bits per heavy atom. The topological polar surface area (TPSA) is 35.0 Å². The molecule has 0 bridgehead atoms. The summed E-state index contributed by atoms with van der Waals surface area (Å²) in [4.78, 5) is 8.76. The highest BCUT2D eigenvalue weighted by Gasteiger charge is 2.29. The molecule has 0 spiro atoms. The number of fused-ring (bicyclic) bond motifs is 1. The Labute approximate surface area is 206 Å². The first-order valence-corrected chi connectivity index (χ1v) is 11.7. The molecule has 0 fully saturated rings. The Bertz CT molecular complexity index is 1340. The van der Waals surface area contributed by atoms with Crippen LogP contribution < -0.4 is 4.74 Å². The summed E-state index contributed by atoms with van der Waals surface area (Å²) in [6.45, 7) is 0.489. The predicted molar refractivity (Wildman–Crippen MR) is 128 cm³/mol. The Morgan fingerprint density at radius 2 is 1.47 bits per heavy atom. The van der Waals surface area contributed by atoms with Gasteiger partial charge in [-0.2, -0.15) is 13.2 Å². The average molecular weight is 501 g/mol. The number of alkyl halides is 3. The summed E-state index contributed by atoms with van der Waals surface area (Å²) in [5, 5.41) is 1.29. The number of hydrogen-bond acceptors (Lipinski definition) is 3. The van der Waals surface area contributed by atoms with Gasteiger partial charge in [0.1, 0.15) is 11.6 Å². The third-order valence-electron chi connectivity index (χ3n) is 5.97. The van der Waals surface area contributed by atoms with Gasteiger partial charge in [0.05, 0.1) is 0 Å². The van der Waals surface area contributed by atoms with Crippen molar-refractivity contribution in [3.63, 3.8) is 0 Å². The molecule has 0 saturated carbocycles. The van der Waals surface area contributed by atoms with Gasteiger partial charge >= 0.3 is 6.18 Å². The van der Waals surface area contributed by atoms with E-state index in [0.29, 0.717) is 35.8 Å². The highest BCUT2D eigenvalue weighted by atomic mass is 19.4. The van der Waals surface area contributed by atoms with E-state index in [1.54, 1.807) is 12.1 Å². The molecule has 4 rings (SSSR count). The van der Waals surface area contributed by atoms with E-state index < -0.39 is 24.3 Å². The predicted octanol–water partition coefficient (Wildman–Crippen LogP) is 6.98. The maximum Gasteiger partial charge on any atom is 0.422 e. The first-order valence-electron chi connectivity index (χ1n) is 11.7. The van der Waals surface area contributed by atoms with Crippen LogP contribution in [0.25, 0.3) is 10.8 Å². The fraction of sp³-hybridized carbons (Fsp3) is 0.286. The van der Waals surface area contributed by atoms with Crippen LogP contribution in [-0.4, -0.2) is 22.8 Å². The number of aromatic nitrogens is 2. The van der Waals surface area contributed by atoms with E-state index >= 15 is 4.39 Å². The van der Waals surface area contributed by atoms with Crippen LogP contribution in [0.15, 0.2) is 60.9 Å². The lowest BCUT2D eigenvalue weighted by Gasteiger charge is -2.11. The van der Waals surface area contributed by atoms with E-state index in [9.17, 15) is 17.6 Å². The smallest absolute Gasteiger partial charge is 0.422 e. The summed E-state index contributed by atoms with van der Waals surface area (Å²) in [5.74, 6) is -0.906. The molecule has 0 saturated heterocycles. The van der Waals surface area contributed by atoms with Crippen molar-refractivity contribution in [2.75, 3.05) is 6.61 Å². The fourth-order valence-electron chi connectivity index (χ4n) is 3.94. The van der Waals surface area contributed by atoms with Crippen molar-refractivity contribution >= 4 is 10.8 Å². The molecule has 3 nitrogen and oxygen atoms in total. The number of rotatable bonds is 9. The molecule has 4 aromatic rings. The molecule has 0 radical (unpaired) electrons. The van der Waals surface area contributed by atoms with Gasteiger partial charge in [0.15, 0.2) is 18.2 Å². The molecule has 0 unspecified atom stereocenters. The van der Waals surface area contributed by atoms with Gasteiger partial charge < -0.3 is 4.74 Å². The van der Waals surface area contributed by atoms with Crippen LogP contribution in [0.1, 0.15) is 35.0 Å². The minimum atomic E-state index is -4.55. The molecular formula is C28H25F5N2O. The standard InChI is InChI=1S/C28H25F5N2O/c1-2-18-15-34-26(35-16-18)12-6-19-4-10-23-22(13-19)9-8-21(27(23)30)7-3-20-5-11-25(24(29)14-20)36-17-28(31,32)33/h4-5,8-11,13-16H,2-3,6-7,12,17H2,1H3. The minimum absolute atomic E-state index is 0.316. The summed E-state index contributed by atoms with van der Waals surface area (Å²) in [7, 11) is 0. The maximum absolute atomic E-state index is 15.2. The number of hydrogen-bond donors (Lipinski definition) is 0. The van der Waals surface area contributed by atoms with E-state index in [1.807, 2.05) is 30.6 Å². The molecule has 36 heavy (non-hydrogen) atoms. The van der Waals surface area contributed by atoms with Gasteiger partial charge in [0.25, 0.3) is 0 Å². The van der Waals surface area contributed by atoms with Crippen molar-refractivity contribution in [2.24, 2.45) is 0 Å². The van der Waals surface area contributed by atoms with Gasteiger partial charge in [-0.05, 0) is 65.5 Å². The van der Waals surface area contributed by atoms with Crippen molar-refractivity contribution in [3.05, 3.63) is 101 Å². The van der Waals surface area contributed by atoms with Crippen molar-refractivity contribution in [2.45, 2.75) is 45.2 Å². The van der Waals surface area contributed by atoms with Crippen LogP contribution in [0.4, 0.5) is 22.0 Å². The number of nitrogens with zero attached hydrogens (tertiary/aromatic N) is 2. The van der Waals surface area contributed by atoms with Gasteiger partial charge in [-0.15, -0.1) is 0 Å². The number of benzene rings is 3. The molecule has 0 atom stereocenters. The van der Waals surface area contributed by atoms with Crippen molar-refractivity contribution < 1.29 is 26.7 Å². The van der Waals surface area contributed by atoms with E-state index in [4.69, 9.17) is 0 Å². The normalized spacial score (nSPS) is 11.7. The summed E-state index contributed by atoms with van der Waals surface area (Å²) in [6.07, 6.45) is 2.08. The second-order valence-corrected chi connectivity index (χ2v) is 8.62. The molecular weight excluding hydrogens is 475 g/mol. The highest BCUT2D eigenvalue weighted by molar-refractivity contribution is 5.84. The van der Waals surface area contributed by atoms with Crippen LogP contribution in [0.5, 0.6) is 5.75 Å². The molecule has 8 heteroatoms. The summed E-state index contributed by atoms with van der Waals surface area (Å²) in [6, 6.07) is 13.0. The molecule has 0 amide bonds. The number of aryl methyl sites for hydroxylation is 5. The molecule has 0 N–H and O–H groups in total. The summed E-state index contributed by atoms with van der Waals surface area (Å²) >= 11 is 0. The number of halogens is 5. The van der Waals surface area contributed by atoms with Crippen LogP contribution in [0.3, 0.4) is 0 Å². The molecule has 1 heterocycles. The van der Waals surface area contributed by atoms with Crippen molar-refractivity contribution in [1.29, 1.82) is 0 Å². The first-order chi connectivity index (χ1) is 17.2. The maximum atomic E-state index is 15.2. The largest absolute Gasteiger partial charge is 0.481 e. The van der Waals surface area contributed by atoms with Gasteiger partial charge in [0, 0.05) is 24.2 Å². The Kier molecular flexibility index (Phi) is 7.82. The third kappa shape index (κ3) is 6.56. The molecule has 0 aliphatic heterocycles. The van der Waals surface area contributed by atoms with Crippen molar-refractivity contribution in [1.82, 2.24) is 9.97 Å². The third-order valence-corrected chi connectivity index (χ3v) is 5.97. The quantitative estimate of drug-likeness (QED) is 0.233. The zero-order valence-electron chi connectivity index (χ0n) is 19.7. The Morgan fingerprint density at radius 3 is 2.17 bits per heavy atom. The molecule has 0 aliphatic rings. The highest BCUT2D eigenvalue weighted by Crippen LogP contribution is 2.26. The zero-order chi connectivity index (χ0) is 25.7. The van der Waals surface area contributed by atoms with Gasteiger partial charge in [-0.3, -0.25) is 0 Å². The lowest BCUT2D eigenvalue weighted by Crippen LogP contribution is -2.19. The van der Waals surface area contributed by atoms with Gasteiger partial charge in [-0.25, -0.2) is 18.7 Å². The average Bonchev–Trinajstić information content (AvgIpc) is 2.86. The Balaban J connectivity index is 1.39. The Hall–Kier alpha value is -3.55. The summed E-state index contributed by atoms with van der Waals surface area (Å²) < 4.78 is 70.6. The van der Waals surface area contributed by atoms with Gasteiger partial charge in [-0.1, -0.05) is 43.3 Å². The molecule has 0 aliphatic carbocycles. The SMILES string of the molecule is CCc1cnc(CCc2ccc3c(F)c(CCc4ccc(OCC(F)(F)F)c(F)c4)ccc3c2)nc1. The summed E-state index contributed by atoms with van der Waals surface area (Å²) in [5.41, 5.74) is 3.17.